The van der Waals surface area contributed by atoms with Crippen LogP contribution in [0.2, 0.25) is 0 Å². The Morgan fingerprint density at radius 2 is 2.36 bits per heavy atom. The summed E-state index contributed by atoms with van der Waals surface area (Å²) in [5.41, 5.74) is 2.37. The van der Waals surface area contributed by atoms with Gasteiger partial charge in [0.15, 0.2) is 0 Å². The van der Waals surface area contributed by atoms with Crippen molar-refractivity contribution in [3.8, 4) is 11.3 Å². The predicted octanol–water partition coefficient (Wildman–Crippen LogP) is 2.36. The van der Waals surface area contributed by atoms with E-state index >= 15 is 0 Å². The van der Waals surface area contributed by atoms with Crippen LogP contribution in [0.5, 0.6) is 0 Å². The van der Waals surface area contributed by atoms with E-state index in [0.717, 1.165) is 5.69 Å². The van der Waals surface area contributed by atoms with E-state index in [1.807, 2.05) is 6.07 Å². The second kappa shape index (κ2) is 2.51. The molecule has 1 N–H and O–H groups in total. The third kappa shape index (κ3) is 1.19. The number of H-pyrrole nitrogens is 1. The van der Waals surface area contributed by atoms with E-state index in [9.17, 15) is 0 Å². The van der Waals surface area contributed by atoms with Crippen LogP contribution in [-0.4, -0.2) is 10.2 Å². The maximum Gasteiger partial charge on any atom is 0.146 e. The Kier molecular flexibility index (Phi) is 1.51. The van der Waals surface area contributed by atoms with Crippen LogP contribution in [0, 0.1) is 0 Å². The summed E-state index contributed by atoms with van der Waals surface area (Å²) in [7, 11) is 0.322. The van der Waals surface area contributed by atoms with Crippen LogP contribution in [-0.2, 0) is 6.26 Å². The van der Waals surface area contributed by atoms with Gasteiger partial charge in [0.05, 0.1) is 11.3 Å². The van der Waals surface area contributed by atoms with E-state index in [1.165, 1.54) is 5.56 Å². The Hall–Kier alpha value is -1.09. The number of nitrogens with one attached hydrogen (secondary N) is 1. The minimum atomic E-state index is 0.322. The maximum atomic E-state index is 3.90. The van der Waals surface area contributed by atoms with Crippen molar-refractivity contribution in [1.29, 1.82) is 0 Å². The molecule has 2 rings (SSSR count). The zero-order valence-electron chi connectivity index (χ0n) is 6.24. The van der Waals surface area contributed by atoms with E-state index in [0.29, 0.717) is 10.5 Å². The van der Waals surface area contributed by atoms with Gasteiger partial charge >= 0.3 is 0 Å². The Morgan fingerprint density at radius 3 is 2.91 bits per heavy atom. The highest BCUT2D eigenvalue weighted by molar-refractivity contribution is 7.26. The highest BCUT2D eigenvalue weighted by atomic mass is 32.2. The SMILES string of the molecule is C[s+]1ccc(-c2ccn[nH]2)c1. The van der Waals surface area contributed by atoms with Crippen LogP contribution < -0.4 is 0 Å². The normalized spacial score (nSPS) is 11.9. The fraction of sp³-hybridized carbons (Fsp3) is 0.125. The summed E-state index contributed by atoms with van der Waals surface area (Å²) < 4.78 is 0. The Bertz CT molecular complexity index is 335. The van der Waals surface area contributed by atoms with Gasteiger partial charge in [-0.2, -0.15) is 5.10 Å². The van der Waals surface area contributed by atoms with Gasteiger partial charge in [-0.05, 0) is 16.5 Å². The first-order valence-electron chi connectivity index (χ1n) is 3.39. The molecule has 2 heterocycles. The largest absolute Gasteiger partial charge is 0.278 e. The fourth-order valence-electron chi connectivity index (χ4n) is 1.03. The van der Waals surface area contributed by atoms with Crippen molar-refractivity contribution in [1.82, 2.24) is 10.2 Å². The number of aryl methyl sites for hydroxylation is 1. The molecule has 2 aromatic heterocycles. The van der Waals surface area contributed by atoms with Crippen LogP contribution in [0.3, 0.4) is 0 Å². The second-order valence-corrected chi connectivity index (χ2v) is 4.18. The predicted molar refractivity (Wildman–Crippen MR) is 47.5 cm³/mol. The zero-order valence-corrected chi connectivity index (χ0v) is 7.06. The minimum Gasteiger partial charge on any atom is -0.278 e. The maximum absolute atomic E-state index is 3.90. The Labute approximate surface area is 67.9 Å². The lowest BCUT2D eigenvalue weighted by molar-refractivity contribution is 1.10. The van der Waals surface area contributed by atoms with Crippen molar-refractivity contribution < 1.29 is 0 Å². The van der Waals surface area contributed by atoms with Crippen molar-refractivity contribution in [2.75, 3.05) is 0 Å². The van der Waals surface area contributed by atoms with Crippen molar-refractivity contribution in [2.24, 2.45) is 6.26 Å². The molecule has 0 fully saturated rings. The molecule has 0 amide bonds. The summed E-state index contributed by atoms with van der Waals surface area (Å²) in [5, 5.41) is 11.3. The summed E-state index contributed by atoms with van der Waals surface area (Å²) in [6.07, 6.45) is 3.97. The molecule has 0 spiro atoms. The van der Waals surface area contributed by atoms with Gasteiger partial charge in [-0.25, -0.2) is 0 Å². The molecule has 0 aliphatic carbocycles. The number of hydrogen-bond acceptors (Lipinski definition) is 1. The van der Waals surface area contributed by atoms with Gasteiger partial charge in [0.1, 0.15) is 17.0 Å². The molecule has 0 saturated carbocycles. The van der Waals surface area contributed by atoms with E-state index < -0.39 is 0 Å². The third-order valence-electron chi connectivity index (χ3n) is 1.59. The number of aromatic amines is 1. The van der Waals surface area contributed by atoms with Crippen LogP contribution in [0.25, 0.3) is 11.3 Å². The van der Waals surface area contributed by atoms with E-state index in [2.05, 4.69) is 33.3 Å². The van der Waals surface area contributed by atoms with E-state index in [4.69, 9.17) is 0 Å². The van der Waals surface area contributed by atoms with Crippen LogP contribution in [0.15, 0.2) is 29.1 Å². The van der Waals surface area contributed by atoms with Gasteiger partial charge in [-0.15, -0.1) is 0 Å². The second-order valence-electron chi connectivity index (χ2n) is 2.45. The van der Waals surface area contributed by atoms with Gasteiger partial charge in [-0.1, -0.05) is 0 Å². The van der Waals surface area contributed by atoms with Crippen LogP contribution in [0.4, 0.5) is 0 Å². The van der Waals surface area contributed by atoms with E-state index in [-0.39, 0.29) is 0 Å². The lowest BCUT2D eigenvalue weighted by Crippen LogP contribution is -1.71. The first-order valence-corrected chi connectivity index (χ1v) is 5.15. The lowest BCUT2D eigenvalue weighted by Gasteiger charge is -1.83. The van der Waals surface area contributed by atoms with Gasteiger partial charge in [0, 0.05) is 12.3 Å². The molecular weight excluding hydrogens is 156 g/mol. The van der Waals surface area contributed by atoms with Gasteiger partial charge in [0.25, 0.3) is 0 Å². The minimum absolute atomic E-state index is 0.322. The first kappa shape index (κ1) is 6.61. The Morgan fingerprint density at radius 1 is 1.45 bits per heavy atom. The molecular formula is C8H9N2S+. The average Bonchev–Trinajstić information content (AvgIpc) is 2.55. The standard InChI is InChI=1S/C8H9N2S/c1-11-5-3-7(6-11)8-2-4-9-10-8/h2-6H,1H3,(H,9,10)/q+1. The topological polar surface area (TPSA) is 28.7 Å². The molecule has 0 radical (unpaired) electrons. The average molecular weight is 165 g/mol. The third-order valence-corrected chi connectivity index (χ3v) is 2.78. The summed E-state index contributed by atoms with van der Waals surface area (Å²) in [5.74, 6) is 0. The molecule has 1 atom stereocenters. The molecule has 2 aromatic rings. The zero-order chi connectivity index (χ0) is 7.68. The molecule has 56 valence electrons. The smallest absolute Gasteiger partial charge is 0.146 e. The quantitative estimate of drug-likeness (QED) is 0.646. The monoisotopic (exact) mass is 165 g/mol. The van der Waals surface area contributed by atoms with Crippen LogP contribution in [0.1, 0.15) is 0 Å². The summed E-state index contributed by atoms with van der Waals surface area (Å²) in [6, 6.07) is 4.12. The van der Waals surface area contributed by atoms with Crippen LogP contribution >= 0.6 is 10.5 Å². The van der Waals surface area contributed by atoms with Gasteiger partial charge < -0.3 is 0 Å². The molecule has 1 unspecified atom stereocenters. The molecule has 0 aromatic carbocycles. The fourth-order valence-corrected chi connectivity index (χ4v) is 2.08. The molecule has 0 saturated heterocycles. The number of aromatic nitrogens is 2. The molecule has 3 heteroatoms. The van der Waals surface area contributed by atoms with Gasteiger partial charge in [-0.3, -0.25) is 5.10 Å². The Balaban J connectivity index is 2.45. The molecule has 0 aliphatic heterocycles. The van der Waals surface area contributed by atoms with Crippen molar-refractivity contribution in [2.45, 2.75) is 0 Å². The lowest BCUT2D eigenvalue weighted by atomic mass is 10.2. The van der Waals surface area contributed by atoms with Crippen molar-refractivity contribution >= 4 is 10.5 Å². The van der Waals surface area contributed by atoms with Crippen molar-refractivity contribution in [3.63, 3.8) is 0 Å². The number of hydrogen-bond donors (Lipinski definition) is 1. The first-order chi connectivity index (χ1) is 5.36. The molecule has 0 bridgehead atoms. The molecule has 0 aliphatic rings. The number of nitrogens with zero attached hydrogens (tertiary/aromatic N) is 1. The van der Waals surface area contributed by atoms with Crippen molar-refractivity contribution in [3.05, 3.63) is 29.1 Å². The highest BCUT2D eigenvalue weighted by Crippen LogP contribution is 2.24. The number of rotatable bonds is 1. The number of thiophene rings is 1. The molecule has 11 heavy (non-hydrogen) atoms. The highest BCUT2D eigenvalue weighted by Gasteiger charge is 2.04. The van der Waals surface area contributed by atoms with E-state index in [1.54, 1.807) is 6.20 Å². The summed E-state index contributed by atoms with van der Waals surface area (Å²) in [4.78, 5) is 0. The molecule has 2 nitrogen and oxygen atoms in total. The summed E-state index contributed by atoms with van der Waals surface area (Å²) >= 11 is 0. The van der Waals surface area contributed by atoms with Gasteiger partial charge in [0.2, 0.25) is 0 Å². The summed E-state index contributed by atoms with van der Waals surface area (Å²) in [6.45, 7) is 0.